The SMILES string of the molecule is COc1cc(/C=C2\C(=O)NC(=O)N(c3cc(C)cc(C)c3)C2=O)cc(Br)c1OCc1ccccc1. The zero-order chi connectivity index (χ0) is 25.1. The maximum absolute atomic E-state index is 13.2. The first-order valence-corrected chi connectivity index (χ1v) is 11.6. The third-order valence-corrected chi connectivity index (χ3v) is 5.94. The molecule has 35 heavy (non-hydrogen) atoms. The van der Waals surface area contributed by atoms with Crippen LogP contribution in [0, 0.1) is 13.8 Å². The van der Waals surface area contributed by atoms with Crippen LogP contribution in [0.3, 0.4) is 0 Å². The highest BCUT2D eigenvalue weighted by atomic mass is 79.9. The maximum atomic E-state index is 13.2. The summed E-state index contributed by atoms with van der Waals surface area (Å²) in [6.07, 6.45) is 1.42. The van der Waals surface area contributed by atoms with Gasteiger partial charge in [-0.25, -0.2) is 9.69 Å². The van der Waals surface area contributed by atoms with E-state index in [1.807, 2.05) is 50.2 Å². The molecule has 3 aromatic rings. The summed E-state index contributed by atoms with van der Waals surface area (Å²) < 4.78 is 12.0. The smallest absolute Gasteiger partial charge is 0.335 e. The number of carbonyl (C=O) groups excluding carboxylic acids is 3. The molecule has 0 atom stereocenters. The minimum atomic E-state index is -0.787. The predicted molar refractivity (Wildman–Crippen MR) is 136 cm³/mol. The number of aryl methyl sites for hydroxylation is 2. The Hall–Kier alpha value is -3.91. The van der Waals surface area contributed by atoms with Crippen LogP contribution >= 0.6 is 15.9 Å². The van der Waals surface area contributed by atoms with Gasteiger partial charge in [-0.2, -0.15) is 0 Å². The van der Waals surface area contributed by atoms with Gasteiger partial charge in [0.25, 0.3) is 11.8 Å². The molecule has 7 nitrogen and oxygen atoms in total. The van der Waals surface area contributed by atoms with Crippen molar-refractivity contribution in [2.75, 3.05) is 12.0 Å². The highest BCUT2D eigenvalue weighted by Crippen LogP contribution is 2.38. The fourth-order valence-electron chi connectivity index (χ4n) is 3.83. The number of imide groups is 2. The molecule has 0 saturated carbocycles. The molecule has 3 aromatic carbocycles. The highest BCUT2D eigenvalue weighted by molar-refractivity contribution is 9.10. The monoisotopic (exact) mass is 534 g/mol. The minimum absolute atomic E-state index is 0.171. The number of amides is 4. The molecule has 1 aliphatic rings. The minimum Gasteiger partial charge on any atom is -0.493 e. The highest BCUT2D eigenvalue weighted by Gasteiger charge is 2.37. The Morgan fingerprint density at radius 1 is 0.971 bits per heavy atom. The lowest BCUT2D eigenvalue weighted by Gasteiger charge is -2.27. The van der Waals surface area contributed by atoms with Crippen LogP contribution in [0.15, 0.2) is 70.7 Å². The molecule has 0 aromatic heterocycles. The molecule has 8 heteroatoms. The Morgan fingerprint density at radius 2 is 1.66 bits per heavy atom. The van der Waals surface area contributed by atoms with Crippen LogP contribution < -0.4 is 19.7 Å². The first kappa shape index (κ1) is 24.2. The summed E-state index contributed by atoms with van der Waals surface area (Å²) in [4.78, 5) is 39.3. The number of halogens is 1. The van der Waals surface area contributed by atoms with Crippen molar-refractivity contribution in [1.29, 1.82) is 0 Å². The third kappa shape index (κ3) is 5.27. The van der Waals surface area contributed by atoms with E-state index in [0.29, 0.717) is 33.8 Å². The lowest BCUT2D eigenvalue weighted by molar-refractivity contribution is -0.122. The van der Waals surface area contributed by atoms with Crippen LogP contribution in [0.2, 0.25) is 0 Å². The third-order valence-electron chi connectivity index (χ3n) is 5.36. The molecule has 178 valence electrons. The lowest BCUT2D eigenvalue weighted by atomic mass is 10.0. The van der Waals surface area contributed by atoms with Gasteiger partial charge in [0.05, 0.1) is 17.3 Å². The summed E-state index contributed by atoms with van der Waals surface area (Å²) in [7, 11) is 1.51. The summed E-state index contributed by atoms with van der Waals surface area (Å²) in [6.45, 7) is 4.08. The average molecular weight is 535 g/mol. The van der Waals surface area contributed by atoms with Gasteiger partial charge in [-0.3, -0.25) is 14.9 Å². The number of hydrogen-bond acceptors (Lipinski definition) is 5. The van der Waals surface area contributed by atoms with E-state index in [1.54, 1.807) is 24.3 Å². The van der Waals surface area contributed by atoms with Gasteiger partial charge in [-0.1, -0.05) is 36.4 Å². The topological polar surface area (TPSA) is 84.9 Å². The predicted octanol–water partition coefficient (Wildman–Crippen LogP) is 5.32. The van der Waals surface area contributed by atoms with Gasteiger partial charge in [0.1, 0.15) is 12.2 Å². The van der Waals surface area contributed by atoms with Crippen LogP contribution in [0.5, 0.6) is 11.5 Å². The Bertz CT molecular complexity index is 1330. The number of benzene rings is 3. The number of rotatable bonds is 6. The lowest BCUT2D eigenvalue weighted by Crippen LogP contribution is -2.54. The van der Waals surface area contributed by atoms with Gasteiger partial charge >= 0.3 is 6.03 Å². The molecule has 4 amide bonds. The molecule has 0 spiro atoms. The Labute approximate surface area is 211 Å². The van der Waals surface area contributed by atoms with Crippen LogP contribution in [-0.2, 0) is 16.2 Å². The fourth-order valence-corrected chi connectivity index (χ4v) is 4.41. The van der Waals surface area contributed by atoms with Gasteiger partial charge in [0.2, 0.25) is 0 Å². The molecule has 1 fully saturated rings. The largest absolute Gasteiger partial charge is 0.493 e. The second kappa shape index (κ2) is 10.1. The van der Waals surface area contributed by atoms with Gasteiger partial charge in [-0.15, -0.1) is 0 Å². The quantitative estimate of drug-likeness (QED) is 0.341. The van der Waals surface area contributed by atoms with Gasteiger partial charge in [0.15, 0.2) is 11.5 Å². The van der Waals surface area contributed by atoms with Crippen molar-refractivity contribution in [3.05, 3.63) is 93.0 Å². The van der Waals surface area contributed by atoms with Crippen LogP contribution in [0.1, 0.15) is 22.3 Å². The molecule has 0 aliphatic carbocycles. The van der Waals surface area contributed by atoms with Gasteiger partial charge in [0, 0.05) is 0 Å². The second-order valence-electron chi connectivity index (χ2n) is 8.11. The number of carbonyl (C=O) groups is 3. The molecule has 1 saturated heterocycles. The van der Waals surface area contributed by atoms with Crippen LogP contribution in [-0.4, -0.2) is 25.0 Å². The number of methoxy groups -OCH3 is 1. The van der Waals surface area contributed by atoms with E-state index in [0.717, 1.165) is 21.6 Å². The Morgan fingerprint density at radius 3 is 2.31 bits per heavy atom. The number of ether oxygens (including phenoxy) is 2. The Balaban J connectivity index is 1.66. The average Bonchev–Trinajstić information content (AvgIpc) is 2.80. The summed E-state index contributed by atoms with van der Waals surface area (Å²) in [5.41, 5.74) is 3.52. The number of nitrogens with zero attached hydrogens (tertiary/aromatic N) is 1. The molecule has 1 aliphatic heterocycles. The first-order valence-electron chi connectivity index (χ1n) is 10.8. The molecular weight excluding hydrogens is 512 g/mol. The van der Waals surface area contributed by atoms with Crippen molar-refractivity contribution in [3.63, 3.8) is 0 Å². The Kier molecular flexibility index (Phi) is 7.02. The van der Waals surface area contributed by atoms with E-state index < -0.39 is 17.8 Å². The van der Waals surface area contributed by atoms with E-state index in [-0.39, 0.29) is 5.57 Å². The summed E-state index contributed by atoms with van der Waals surface area (Å²) in [5.74, 6) is -0.554. The molecule has 0 bridgehead atoms. The molecule has 0 unspecified atom stereocenters. The molecule has 4 rings (SSSR count). The van der Waals surface area contributed by atoms with Crippen LogP contribution in [0.4, 0.5) is 10.5 Å². The number of urea groups is 1. The molecule has 0 radical (unpaired) electrons. The molecule has 1 heterocycles. The second-order valence-corrected chi connectivity index (χ2v) is 8.97. The van der Waals surface area contributed by atoms with E-state index in [4.69, 9.17) is 9.47 Å². The first-order chi connectivity index (χ1) is 16.8. The fraction of sp³-hybridized carbons (Fsp3) is 0.148. The van der Waals surface area contributed by atoms with Crippen molar-refractivity contribution < 1.29 is 23.9 Å². The van der Waals surface area contributed by atoms with Crippen molar-refractivity contribution in [1.82, 2.24) is 5.32 Å². The van der Waals surface area contributed by atoms with Crippen molar-refractivity contribution in [2.24, 2.45) is 0 Å². The van der Waals surface area contributed by atoms with Crippen molar-refractivity contribution in [3.8, 4) is 11.5 Å². The van der Waals surface area contributed by atoms with E-state index >= 15 is 0 Å². The number of barbiturate groups is 1. The van der Waals surface area contributed by atoms with Gasteiger partial charge in [-0.05, 0) is 82.4 Å². The number of anilines is 1. The normalized spacial score (nSPS) is 14.8. The number of hydrogen-bond donors (Lipinski definition) is 1. The van der Waals surface area contributed by atoms with Crippen LogP contribution in [0.25, 0.3) is 6.08 Å². The summed E-state index contributed by atoms with van der Waals surface area (Å²) >= 11 is 3.50. The van der Waals surface area contributed by atoms with Crippen molar-refractivity contribution >= 4 is 45.5 Å². The summed E-state index contributed by atoms with van der Waals surface area (Å²) in [6, 6.07) is 17.7. The number of nitrogens with one attached hydrogen (secondary N) is 1. The molecule has 1 N–H and O–H groups in total. The zero-order valence-electron chi connectivity index (χ0n) is 19.4. The molecular formula is C27H23BrN2O5. The zero-order valence-corrected chi connectivity index (χ0v) is 21.0. The van der Waals surface area contributed by atoms with E-state index in [9.17, 15) is 14.4 Å². The maximum Gasteiger partial charge on any atom is 0.335 e. The van der Waals surface area contributed by atoms with E-state index in [1.165, 1.54) is 13.2 Å². The standard InChI is InChI=1S/C27H23BrN2O5/c1-16-9-17(2)11-20(10-16)30-26(32)21(25(31)29-27(30)33)12-19-13-22(28)24(23(14-19)34-3)35-15-18-7-5-4-6-8-18/h4-14H,15H2,1-3H3,(H,29,31,33)/b21-12+. The van der Waals surface area contributed by atoms with Gasteiger partial charge < -0.3 is 9.47 Å². The van der Waals surface area contributed by atoms with E-state index in [2.05, 4.69) is 21.2 Å². The van der Waals surface area contributed by atoms with Crippen molar-refractivity contribution in [2.45, 2.75) is 20.5 Å². The summed E-state index contributed by atoms with van der Waals surface area (Å²) in [5, 5.41) is 2.25.